The molecule has 1 atom stereocenters. The smallest absolute Gasteiger partial charge is 0.0607 e. The van der Waals surface area contributed by atoms with Crippen molar-refractivity contribution in [1.29, 1.82) is 0 Å². The van der Waals surface area contributed by atoms with E-state index < -0.39 is 0 Å². The SMILES string of the molecule is Cc1ccc2c(c1)N1CCSCC1CCN2. The summed E-state index contributed by atoms with van der Waals surface area (Å²) in [5.74, 6) is 2.55. The Kier molecular flexibility index (Phi) is 2.72. The first-order valence-electron chi connectivity index (χ1n) is 6.03. The van der Waals surface area contributed by atoms with Crippen LogP contribution in [0.1, 0.15) is 12.0 Å². The van der Waals surface area contributed by atoms with Gasteiger partial charge in [0.2, 0.25) is 0 Å². The number of thioether (sulfide) groups is 1. The van der Waals surface area contributed by atoms with Crippen LogP contribution in [0.3, 0.4) is 0 Å². The van der Waals surface area contributed by atoms with Crippen LogP contribution in [0, 0.1) is 6.92 Å². The molecule has 1 unspecified atom stereocenters. The third-order valence-corrected chi connectivity index (χ3v) is 4.57. The molecular formula is C13H18N2S. The topological polar surface area (TPSA) is 15.3 Å². The van der Waals surface area contributed by atoms with Crippen LogP contribution in [-0.4, -0.2) is 30.6 Å². The van der Waals surface area contributed by atoms with Gasteiger partial charge < -0.3 is 10.2 Å². The fourth-order valence-corrected chi connectivity index (χ4v) is 3.72. The highest BCUT2D eigenvalue weighted by Crippen LogP contribution is 2.34. The van der Waals surface area contributed by atoms with Gasteiger partial charge in [-0.25, -0.2) is 0 Å². The van der Waals surface area contributed by atoms with Crippen LogP contribution in [0.2, 0.25) is 0 Å². The molecule has 1 fully saturated rings. The van der Waals surface area contributed by atoms with E-state index in [0.717, 1.165) is 12.6 Å². The molecule has 2 aliphatic rings. The van der Waals surface area contributed by atoms with Crippen molar-refractivity contribution in [2.75, 3.05) is 34.8 Å². The number of hydrogen-bond acceptors (Lipinski definition) is 3. The molecule has 0 spiro atoms. The Morgan fingerprint density at radius 2 is 2.38 bits per heavy atom. The summed E-state index contributed by atoms with van der Waals surface area (Å²) >= 11 is 2.10. The lowest BCUT2D eigenvalue weighted by atomic mass is 10.1. The van der Waals surface area contributed by atoms with Crippen molar-refractivity contribution in [3.8, 4) is 0 Å². The van der Waals surface area contributed by atoms with Crippen molar-refractivity contribution < 1.29 is 0 Å². The summed E-state index contributed by atoms with van der Waals surface area (Å²) in [5, 5.41) is 3.56. The number of fused-ring (bicyclic) bond motifs is 3. The lowest BCUT2D eigenvalue weighted by molar-refractivity contribution is 0.625. The standard InChI is InChI=1S/C13H18N2S/c1-10-2-3-12-13(8-10)15-6-7-16-9-11(15)4-5-14-12/h2-3,8,11,14H,4-7,9H2,1H3. The third kappa shape index (κ3) is 1.77. The highest BCUT2D eigenvalue weighted by Gasteiger charge is 2.26. The van der Waals surface area contributed by atoms with Crippen LogP contribution in [0.5, 0.6) is 0 Å². The molecule has 2 nitrogen and oxygen atoms in total. The van der Waals surface area contributed by atoms with Gasteiger partial charge in [-0.3, -0.25) is 0 Å². The molecule has 1 aromatic rings. The molecule has 0 aliphatic carbocycles. The average molecular weight is 234 g/mol. The first-order valence-corrected chi connectivity index (χ1v) is 7.19. The molecular weight excluding hydrogens is 216 g/mol. The zero-order valence-electron chi connectivity index (χ0n) is 9.70. The lowest BCUT2D eigenvalue weighted by Gasteiger charge is -2.36. The Bertz CT molecular complexity index is 392. The van der Waals surface area contributed by atoms with Gasteiger partial charge in [0.25, 0.3) is 0 Å². The van der Waals surface area contributed by atoms with E-state index in [1.807, 2.05) is 0 Å². The Hall–Kier alpha value is -0.830. The van der Waals surface area contributed by atoms with Gasteiger partial charge in [-0.05, 0) is 31.0 Å². The van der Waals surface area contributed by atoms with Gasteiger partial charge in [-0.15, -0.1) is 0 Å². The normalized spacial score (nSPS) is 24.1. The predicted molar refractivity (Wildman–Crippen MR) is 72.7 cm³/mol. The lowest BCUT2D eigenvalue weighted by Crippen LogP contribution is -2.42. The second kappa shape index (κ2) is 4.21. The van der Waals surface area contributed by atoms with Crippen LogP contribution in [0.25, 0.3) is 0 Å². The molecule has 2 aliphatic heterocycles. The minimum Gasteiger partial charge on any atom is -0.383 e. The van der Waals surface area contributed by atoms with E-state index in [1.54, 1.807) is 0 Å². The summed E-state index contributed by atoms with van der Waals surface area (Å²) < 4.78 is 0. The van der Waals surface area contributed by atoms with Crippen molar-refractivity contribution in [1.82, 2.24) is 0 Å². The molecule has 1 saturated heterocycles. The predicted octanol–water partition coefficient (Wildman–Crippen LogP) is 2.73. The first kappa shape index (κ1) is 10.3. The van der Waals surface area contributed by atoms with Gasteiger partial charge in [-0.1, -0.05) is 6.07 Å². The highest BCUT2D eigenvalue weighted by atomic mass is 32.2. The van der Waals surface area contributed by atoms with Crippen LogP contribution < -0.4 is 10.2 Å². The molecule has 0 bridgehead atoms. The number of benzene rings is 1. The number of nitrogens with zero attached hydrogens (tertiary/aromatic N) is 1. The molecule has 0 saturated carbocycles. The second-order valence-corrected chi connectivity index (χ2v) is 5.81. The van der Waals surface area contributed by atoms with Gasteiger partial charge in [0, 0.05) is 30.6 Å². The zero-order chi connectivity index (χ0) is 11.0. The van der Waals surface area contributed by atoms with Gasteiger partial charge in [-0.2, -0.15) is 11.8 Å². The number of nitrogens with one attached hydrogen (secondary N) is 1. The van der Waals surface area contributed by atoms with E-state index in [4.69, 9.17) is 0 Å². The maximum absolute atomic E-state index is 3.56. The summed E-state index contributed by atoms with van der Waals surface area (Å²) in [7, 11) is 0. The van der Waals surface area contributed by atoms with E-state index in [-0.39, 0.29) is 0 Å². The summed E-state index contributed by atoms with van der Waals surface area (Å²) in [6.45, 7) is 4.49. The number of hydrogen-bond donors (Lipinski definition) is 1. The monoisotopic (exact) mass is 234 g/mol. The first-order chi connectivity index (χ1) is 7.84. The number of aryl methyl sites for hydroxylation is 1. The Morgan fingerprint density at radius 3 is 3.31 bits per heavy atom. The fraction of sp³-hybridized carbons (Fsp3) is 0.538. The number of anilines is 2. The van der Waals surface area contributed by atoms with Crippen molar-refractivity contribution in [3.05, 3.63) is 23.8 Å². The van der Waals surface area contributed by atoms with E-state index in [9.17, 15) is 0 Å². The zero-order valence-corrected chi connectivity index (χ0v) is 10.5. The van der Waals surface area contributed by atoms with Gasteiger partial charge >= 0.3 is 0 Å². The summed E-state index contributed by atoms with van der Waals surface area (Å²) in [5.41, 5.74) is 4.10. The largest absolute Gasteiger partial charge is 0.383 e. The molecule has 0 radical (unpaired) electrons. The van der Waals surface area contributed by atoms with Gasteiger partial charge in [0.15, 0.2) is 0 Å². The summed E-state index contributed by atoms with van der Waals surface area (Å²) in [4.78, 5) is 2.61. The minimum atomic E-state index is 0.731. The van der Waals surface area contributed by atoms with E-state index >= 15 is 0 Å². The van der Waals surface area contributed by atoms with Crippen molar-refractivity contribution in [2.45, 2.75) is 19.4 Å². The van der Waals surface area contributed by atoms with Crippen LogP contribution in [0.15, 0.2) is 18.2 Å². The molecule has 86 valence electrons. The molecule has 1 N–H and O–H groups in total. The summed E-state index contributed by atoms with van der Waals surface area (Å²) in [6, 6.07) is 7.49. The Balaban J connectivity index is 2.02. The van der Waals surface area contributed by atoms with Crippen LogP contribution >= 0.6 is 11.8 Å². The van der Waals surface area contributed by atoms with Crippen LogP contribution in [0.4, 0.5) is 11.4 Å². The molecule has 2 heterocycles. The second-order valence-electron chi connectivity index (χ2n) is 4.66. The molecule has 1 aromatic carbocycles. The van der Waals surface area contributed by atoms with E-state index in [0.29, 0.717) is 0 Å². The van der Waals surface area contributed by atoms with Gasteiger partial charge in [0.1, 0.15) is 0 Å². The minimum absolute atomic E-state index is 0.731. The third-order valence-electron chi connectivity index (χ3n) is 3.48. The summed E-state index contributed by atoms with van der Waals surface area (Å²) in [6.07, 6.45) is 1.26. The fourth-order valence-electron chi connectivity index (χ4n) is 2.61. The number of rotatable bonds is 0. The van der Waals surface area contributed by atoms with Crippen molar-refractivity contribution in [3.63, 3.8) is 0 Å². The maximum atomic E-state index is 3.56. The quantitative estimate of drug-likeness (QED) is 0.743. The van der Waals surface area contributed by atoms with E-state index in [2.05, 4.69) is 47.1 Å². The molecule has 0 amide bonds. The highest BCUT2D eigenvalue weighted by molar-refractivity contribution is 7.99. The average Bonchev–Trinajstić information content (AvgIpc) is 2.48. The van der Waals surface area contributed by atoms with E-state index in [1.165, 1.54) is 41.4 Å². The van der Waals surface area contributed by atoms with Crippen LogP contribution in [-0.2, 0) is 0 Å². The molecule has 16 heavy (non-hydrogen) atoms. The van der Waals surface area contributed by atoms with Gasteiger partial charge in [0.05, 0.1) is 11.4 Å². The molecule has 0 aromatic heterocycles. The van der Waals surface area contributed by atoms with Crippen molar-refractivity contribution >= 4 is 23.1 Å². The molecule has 3 heteroatoms. The maximum Gasteiger partial charge on any atom is 0.0607 e. The van der Waals surface area contributed by atoms with Crippen molar-refractivity contribution in [2.24, 2.45) is 0 Å². The molecule has 3 rings (SSSR count). The Labute approximate surface area is 101 Å². The Morgan fingerprint density at radius 1 is 1.44 bits per heavy atom.